The van der Waals surface area contributed by atoms with Gasteiger partial charge in [-0.1, -0.05) is 0 Å². The summed E-state index contributed by atoms with van der Waals surface area (Å²) in [7, 11) is 0. The van der Waals surface area contributed by atoms with Crippen LogP contribution in [0.1, 0.15) is 18.5 Å². The van der Waals surface area contributed by atoms with Crippen LogP contribution in [0.5, 0.6) is 0 Å². The molecule has 0 bridgehead atoms. The van der Waals surface area contributed by atoms with Crippen molar-refractivity contribution in [1.29, 1.82) is 0 Å². The van der Waals surface area contributed by atoms with Gasteiger partial charge in [0.2, 0.25) is 0 Å². The number of carboxylic acids is 1. The molecule has 0 spiro atoms. The quantitative estimate of drug-likeness (QED) is 0.672. The number of carboxylic acid groups (broad SMARTS) is 1. The zero-order chi connectivity index (χ0) is 9.30. The summed E-state index contributed by atoms with van der Waals surface area (Å²) in [6, 6.07) is -0.666. The summed E-state index contributed by atoms with van der Waals surface area (Å²) in [5, 5.41) is 12.5. The van der Waals surface area contributed by atoms with E-state index in [2.05, 4.69) is 5.10 Å². The lowest BCUT2D eigenvalue weighted by Gasteiger charge is -2.04. The summed E-state index contributed by atoms with van der Waals surface area (Å²) in [6.07, 6.45) is 1.62. The number of aryl methyl sites for hydroxylation is 1. The van der Waals surface area contributed by atoms with E-state index in [0.717, 1.165) is 5.56 Å². The summed E-state index contributed by atoms with van der Waals surface area (Å²) in [5.74, 6) is -0.541. The molecule has 5 nitrogen and oxygen atoms in total. The normalized spacial score (nSPS) is 12.8. The minimum absolute atomic E-state index is 0.378. The summed E-state index contributed by atoms with van der Waals surface area (Å²) in [5.41, 5.74) is 6.25. The highest BCUT2D eigenvalue weighted by molar-refractivity contribution is 5.71. The predicted octanol–water partition coefficient (Wildman–Crippen LogP) is 0.419. The maximum absolute atomic E-state index is 10.5. The summed E-state index contributed by atoms with van der Waals surface area (Å²) in [4.78, 5) is 10.5. The third-order valence-electron chi connectivity index (χ3n) is 1.71. The fraction of sp³-hybridized carbons (Fsp3) is 0.429. The number of rotatable bonds is 2. The van der Waals surface area contributed by atoms with E-state index in [1.165, 1.54) is 4.68 Å². The number of aliphatic carboxylic acids is 1. The lowest BCUT2D eigenvalue weighted by molar-refractivity contribution is -0.140. The van der Waals surface area contributed by atoms with E-state index in [9.17, 15) is 4.79 Å². The van der Waals surface area contributed by atoms with Gasteiger partial charge < -0.3 is 10.8 Å². The van der Waals surface area contributed by atoms with E-state index in [4.69, 9.17) is 10.8 Å². The number of nitrogen functional groups attached to an aromatic ring is 1. The van der Waals surface area contributed by atoms with Crippen molar-refractivity contribution in [3.05, 3.63) is 11.8 Å². The van der Waals surface area contributed by atoms with Crippen LogP contribution in [0.25, 0.3) is 0 Å². The number of nitrogens with zero attached hydrogens (tertiary/aromatic N) is 2. The second-order valence-corrected chi connectivity index (χ2v) is 2.69. The molecule has 1 aromatic rings. The van der Waals surface area contributed by atoms with Gasteiger partial charge in [-0.3, -0.25) is 4.68 Å². The van der Waals surface area contributed by atoms with Crippen LogP contribution in [0.4, 0.5) is 5.82 Å². The van der Waals surface area contributed by atoms with Gasteiger partial charge in [0.1, 0.15) is 11.9 Å². The molecule has 0 aromatic carbocycles. The maximum Gasteiger partial charge on any atom is 0.328 e. The number of nitrogens with two attached hydrogens (primary N) is 1. The van der Waals surface area contributed by atoms with Gasteiger partial charge in [0.15, 0.2) is 0 Å². The summed E-state index contributed by atoms with van der Waals surface area (Å²) in [6.45, 7) is 3.33. The highest BCUT2D eigenvalue weighted by atomic mass is 16.4. The average molecular weight is 169 g/mol. The van der Waals surface area contributed by atoms with Crippen LogP contribution in [-0.2, 0) is 4.79 Å². The van der Waals surface area contributed by atoms with Crippen molar-refractivity contribution in [2.45, 2.75) is 19.9 Å². The lowest BCUT2D eigenvalue weighted by Crippen LogP contribution is -2.16. The van der Waals surface area contributed by atoms with Crippen molar-refractivity contribution in [3.63, 3.8) is 0 Å². The van der Waals surface area contributed by atoms with E-state index >= 15 is 0 Å². The molecule has 12 heavy (non-hydrogen) atoms. The van der Waals surface area contributed by atoms with Crippen LogP contribution in [0.15, 0.2) is 6.20 Å². The first kappa shape index (κ1) is 8.58. The van der Waals surface area contributed by atoms with Gasteiger partial charge in [-0.2, -0.15) is 5.10 Å². The van der Waals surface area contributed by atoms with Gasteiger partial charge in [0.05, 0.1) is 0 Å². The Bertz CT molecular complexity index is 286. The topological polar surface area (TPSA) is 81.1 Å². The number of aromatic nitrogens is 2. The Morgan fingerprint density at radius 2 is 2.42 bits per heavy atom. The molecule has 1 atom stereocenters. The van der Waals surface area contributed by atoms with Gasteiger partial charge in [-0.25, -0.2) is 4.79 Å². The molecule has 0 saturated heterocycles. The van der Waals surface area contributed by atoms with E-state index in [1.807, 2.05) is 0 Å². The number of hydrogen-bond donors (Lipinski definition) is 2. The van der Waals surface area contributed by atoms with Crippen molar-refractivity contribution in [1.82, 2.24) is 9.78 Å². The van der Waals surface area contributed by atoms with Gasteiger partial charge in [-0.05, 0) is 13.8 Å². The van der Waals surface area contributed by atoms with Crippen LogP contribution in [0.3, 0.4) is 0 Å². The van der Waals surface area contributed by atoms with E-state index in [1.54, 1.807) is 20.0 Å². The number of anilines is 1. The third kappa shape index (κ3) is 1.39. The smallest absolute Gasteiger partial charge is 0.328 e. The average Bonchev–Trinajstić information content (AvgIpc) is 2.30. The monoisotopic (exact) mass is 169 g/mol. The molecule has 1 heterocycles. The molecule has 0 aliphatic rings. The Labute approximate surface area is 69.8 Å². The Morgan fingerprint density at radius 1 is 1.83 bits per heavy atom. The second-order valence-electron chi connectivity index (χ2n) is 2.69. The second kappa shape index (κ2) is 2.84. The largest absolute Gasteiger partial charge is 0.480 e. The number of carbonyl (C=O) groups is 1. The van der Waals surface area contributed by atoms with E-state index in [0.29, 0.717) is 5.82 Å². The molecule has 0 fully saturated rings. The molecule has 66 valence electrons. The van der Waals surface area contributed by atoms with Crippen LogP contribution in [0, 0.1) is 6.92 Å². The minimum atomic E-state index is -0.919. The molecule has 0 aliphatic carbocycles. The highest BCUT2D eigenvalue weighted by Crippen LogP contribution is 2.11. The maximum atomic E-state index is 10.5. The zero-order valence-electron chi connectivity index (χ0n) is 6.98. The summed E-state index contributed by atoms with van der Waals surface area (Å²) >= 11 is 0. The van der Waals surface area contributed by atoms with Crippen molar-refractivity contribution in [3.8, 4) is 0 Å². The minimum Gasteiger partial charge on any atom is -0.480 e. The standard InChI is InChI=1S/C7H11N3O2/c1-4-3-10(9-6(4)8)5(2)7(11)12/h3,5H,1-2H3,(H2,8,9)(H,11,12). The van der Waals surface area contributed by atoms with Gasteiger partial charge in [0, 0.05) is 11.8 Å². The first-order valence-corrected chi connectivity index (χ1v) is 3.56. The van der Waals surface area contributed by atoms with Gasteiger partial charge in [0.25, 0.3) is 0 Å². The van der Waals surface area contributed by atoms with Crippen LogP contribution < -0.4 is 5.73 Å². The molecule has 1 unspecified atom stereocenters. The molecular weight excluding hydrogens is 158 g/mol. The Hall–Kier alpha value is -1.52. The Morgan fingerprint density at radius 3 is 2.75 bits per heavy atom. The van der Waals surface area contributed by atoms with Gasteiger partial charge >= 0.3 is 5.97 Å². The molecule has 0 amide bonds. The molecular formula is C7H11N3O2. The lowest BCUT2D eigenvalue weighted by atomic mass is 10.3. The fourth-order valence-corrected chi connectivity index (χ4v) is 0.808. The SMILES string of the molecule is Cc1cn(C(C)C(=O)O)nc1N. The first-order chi connectivity index (χ1) is 5.52. The van der Waals surface area contributed by atoms with Crippen LogP contribution >= 0.6 is 0 Å². The first-order valence-electron chi connectivity index (χ1n) is 3.56. The van der Waals surface area contributed by atoms with Crippen LogP contribution in [-0.4, -0.2) is 20.9 Å². The predicted molar refractivity (Wildman–Crippen MR) is 43.7 cm³/mol. The van der Waals surface area contributed by atoms with Gasteiger partial charge in [-0.15, -0.1) is 0 Å². The van der Waals surface area contributed by atoms with Crippen molar-refractivity contribution in [2.24, 2.45) is 0 Å². The third-order valence-corrected chi connectivity index (χ3v) is 1.71. The zero-order valence-corrected chi connectivity index (χ0v) is 6.98. The fourth-order valence-electron chi connectivity index (χ4n) is 0.808. The molecule has 5 heteroatoms. The van der Waals surface area contributed by atoms with E-state index < -0.39 is 12.0 Å². The van der Waals surface area contributed by atoms with Crippen molar-refractivity contribution in [2.75, 3.05) is 5.73 Å². The summed E-state index contributed by atoms with van der Waals surface area (Å²) < 4.78 is 1.34. The number of hydrogen-bond acceptors (Lipinski definition) is 3. The molecule has 1 aromatic heterocycles. The molecule has 0 aliphatic heterocycles. The highest BCUT2D eigenvalue weighted by Gasteiger charge is 2.14. The van der Waals surface area contributed by atoms with Crippen molar-refractivity contribution < 1.29 is 9.90 Å². The molecule has 0 radical (unpaired) electrons. The van der Waals surface area contributed by atoms with Crippen LogP contribution in [0.2, 0.25) is 0 Å². The Kier molecular flexibility index (Phi) is 2.03. The molecule has 3 N–H and O–H groups in total. The molecule has 1 rings (SSSR count). The van der Waals surface area contributed by atoms with Crippen molar-refractivity contribution >= 4 is 11.8 Å². The van der Waals surface area contributed by atoms with E-state index in [-0.39, 0.29) is 0 Å². The Balaban J connectivity index is 2.96. The molecule has 0 saturated carbocycles.